The Balaban J connectivity index is 0.00000192. The summed E-state index contributed by atoms with van der Waals surface area (Å²) >= 11 is 0. The molecule has 1 heteroatoms. The molecule has 0 amide bonds. The molecule has 0 saturated heterocycles. The zero-order valence-corrected chi connectivity index (χ0v) is 16.2. The van der Waals surface area contributed by atoms with Crippen LogP contribution in [0.5, 0.6) is 0 Å². The van der Waals surface area contributed by atoms with E-state index in [1.165, 1.54) is 25.7 Å². The molecule has 1 nitrogen and oxygen atoms in total. The Morgan fingerprint density at radius 2 is 0.870 bits per heavy atom. The van der Waals surface area contributed by atoms with Crippen LogP contribution in [0.3, 0.4) is 0 Å². The maximum atomic E-state index is 2.52. The third-order valence-electron chi connectivity index (χ3n) is 8.35. The molecular formula is C22H46O. The molecule has 2 unspecified atom stereocenters. The molecular weight excluding hydrogens is 280 g/mol. The smallest absolute Gasteiger partial charge is 0 e. The third-order valence-corrected chi connectivity index (χ3v) is 8.35. The summed E-state index contributed by atoms with van der Waals surface area (Å²) in [6.45, 7) is 9.98. The standard InChI is InChI=1S/C22H40.H2O.2H2/c1-15-5-7-19(8-6-15)20-9-11-21(12-10-20)22-13-16(2)18(4)17(3)14-22;;;/h15-22H,5-14H2,1-4H3;1H2;2*1H. The minimum atomic E-state index is 0. The van der Waals surface area contributed by atoms with Gasteiger partial charge in [0.2, 0.25) is 0 Å². The fourth-order valence-electron chi connectivity index (χ4n) is 6.27. The molecule has 0 radical (unpaired) electrons. The van der Waals surface area contributed by atoms with Crippen LogP contribution >= 0.6 is 0 Å². The van der Waals surface area contributed by atoms with E-state index in [0.29, 0.717) is 0 Å². The van der Waals surface area contributed by atoms with Gasteiger partial charge in [0, 0.05) is 2.85 Å². The molecule has 3 aliphatic rings. The molecule has 23 heavy (non-hydrogen) atoms. The molecule has 2 atom stereocenters. The Labute approximate surface area is 148 Å². The summed E-state index contributed by atoms with van der Waals surface area (Å²) in [4.78, 5) is 0. The van der Waals surface area contributed by atoms with Crippen molar-refractivity contribution in [1.82, 2.24) is 0 Å². The Kier molecular flexibility index (Phi) is 7.01. The van der Waals surface area contributed by atoms with Gasteiger partial charge in [-0.25, -0.2) is 0 Å². The molecule has 0 aromatic heterocycles. The molecule has 0 aromatic carbocycles. The number of rotatable bonds is 2. The first-order chi connectivity index (χ1) is 10.5. The van der Waals surface area contributed by atoms with Crippen molar-refractivity contribution >= 4 is 0 Å². The van der Waals surface area contributed by atoms with Crippen molar-refractivity contribution in [2.24, 2.45) is 47.3 Å². The van der Waals surface area contributed by atoms with E-state index in [1.54, 1.807) is 38.5 Å². The first-order valence-corrected chi connectivity index (χ1v) is 10.5. The summed E-state index contributed by atoms with van der Waals surface area (Å²) in [5.74, 6) is 8.24. The van der Waals surface area contributed by atoms with E-state index in [0.717, 1.165) is 47.3 Å². The lowest BCUT2D eigenvalue weighted by Crippen LogP contribution is -2.34. The van der Waals surface area contributed by atoms with Crippen LogP contribution in [0.4, 0.5) is 0 Å². The molecule has 3 rings (SSSR count). The van der Waals surface area contributed by atoms with Gasteiger partial charge in [-0.15, -0.1) is 0 Å². The lowest BCUT2D eigenvalue weighted by Gasteiger charge is -2.44. The van der Waals surface area contributed by atoms with E-state index in [4.69, 9.17) is 0 Å². The van der Waals surface area contributed by atoms with Gasteiger partial charge in [0.15, 0.2) is 0 Å². The first kappa shape index (κ1) is 19.3. The van der Waals surface area contributed by atoms with Gasteiger partial charge in [0.1, 0.15) is 0 Å². The van der Waals surface area contributed by atoms with E-state index in [9.17, 15) is 0 Å². The SMILES string of the molecule is CC1CCC(C2CCC(C3CC(C)C(C)C(C)C3)CC2)CC1.O.[HH].[HH]. The Hall–Kier alpha value is -0.0400. The largest absolute Gasteiger partial charge is 0.412 e. The van der Waals surface area contributed by atoms with Crippen LogP contribution in [0.2, 0.25) is 0 Å². The van der Waals surface area contributed by atoms with Crippen molar-refractivity contribution < 1.29 is 8.33 Å². The molecule has 0 aliphatic heterocycles. The summed E-state index contributed by atoms with van der Waals surface area (Å²) in [6, 6.07) is 0. The van der Waals surface area contributed by atoms with Gasteiger partial charge < -0.3 is 5.48 Å². The second kappa shape index (κ2) is 8.37. The summed E-state index contributed by atoms with van der Waals surface area (Å²) in [5.41, 5.74) is 0. The maximum absolute atomic E-state index is 2.52. The predicted molar refractivity (Wildman–Crippen MR) is 105 cm³/mol. The summed E-state index contributed by atoms with van der Waals surface area (Å²) in [5, 5.41) is 0. The van der Waals surface area contributed by atoms with Gasteiger partial charge >= 0.3 is 0 Å². The zero-order valence-electron chi connectivity index (χ0n) is 16.2. The van der Waals surface area contributed by atoms with Crippen LogP contribution in [0, 0.1) is 47.3 Å². The summed E-state index contributed by atoms with van der Waals surface area (Å²) in [7, 11) is 0. The molecule has 140 valence electrons. The average molecular weight is 327 g/mol. The van der Waals surface area contributed by atoms with Crippen LogP contribution in [-0.4, -0.2) is 5.48 Å². The first-order valence-electron chi connectivity index (χ1n) is 10.5. The molecule has 0 spiro atoms. The van der Waals surface area contributed by atoms with Gasteiger partial charge in [-0.3, -0.25) is 0 Å². The van der Waals surface area contributed by atoms with Crippen LogP contribution in [0.15, 0.2) is 0 Å². The van der Waals surface area contributed by atoms with Crippen molar-refractivity contribution in [3.05, 3.63) is 0 Å². The van der Waals surface area contributed by atoms with Gasteiger partial charge in [-0.2, -0.15) is 0 Å². The fraction of sp³-hybridized carbons (Fsp3) is 1.00. The van der Waals surface area contributed by atoms with Gasteiger partial charge in [-0.1, -0.05) is 40.5 Å². The molecule has 0 bridgehead atoms. The highest BCUT2D eigenvalue weighted by atomic mass is 16.0. The highest BCUT2D eigenvalue weighted by Gasteiger charge is 2.37. The summed E-state index contributed by atoms with van der Waals surface area (Å²) in [6.07, 6.45) is 15.4. The number of hydrogen-bond acceptors (Lipinski definition) is 0. The molecule has 2 N–H and O–H groups in total. The van der Waals surface area contributed by atoms with Crippen molar-refractivity contribution in [2.45, 2.75) is 91.9 Å². The van der Waals surface area contributed by atoms with E-state index in [-0.39, 0.29) is 8.33 Å². The lowest BCUT2D eigenvalue weighted by molar-refractivity contribution is 0.0649. The minimum Gasteiger partial charge on any atom is -0.412 e. The van der Waals surface area contributed by atoms with Crippen molar-refractivity contribution in [3.63, 3.8) is 0 Å². The highest BCUT2D eigenvalue weighted by molar-refractivity contribution is 4.88. The van der Waals surface area contributed by atoms with Crippen LogP contribution in [-0.2, 0) is 0 Å². The van der Waals surface area contributed by atoms with E-state index >= 15 is 0 Å². The summed E-state index contributed by atoms with van der Waals surface area (Å²) < 4.78 is 0. The van der Waals surface area contributed by atoms with Gasteiger partial charge in [-0.05, 0) is 98.7 Å². The fourth-order valence-corrected chi connectivity index (χ4v) is 6.27. The average Bonchev–Trinajstić information content (AvgIpc) is 2.53. The van der Waals surface area contributed by atoms with Gasteiger partial charge in [0.05, 0.1) is 0 Å². The zero-order chi connectivity index (χ0) is 15.7. The molecule has 3 fully saturated rings. The van der Waals surface area contributed by atoms with Crippen LogP contribution < -0.4 is 0 Å². The Morgan fingerprint density at radius 1 is 0.522 bits per heavy atom. The molecule has 3 aliphatic carbocycles. The maximum Gasteiger partial charge on any atom is 0 e. The lowest BCUT2D eigenvalue weighted by atomic mass is 9.61. The normalized spacial score (nSPS) is 48.5. The van der Waals surface area contributed by atoms with Crippen LogP contribution in [0.25, 0.3) is 0 Å². The second-order valence-corrected chi connectivity index (χ2v) is 9.74. The molecule has 3 saturated carbocycles. The Bertz CT molecular complexity index is 334. The van der Waals surface area contributed by atoms with Crippen molar-refractivity contribution in [3.8, 4) is 0 Å². The van der Waals surface area contributed by atoms with E-state index in [2.05, 4.69) is 27.7 Å². The molecule has 0 aromatic rings. The third kappa shape index (κ3) is 4.53. The Morgan fingerprint density at radius 3 is 1.30 bits per heavy atom. The topological polar surface area (TPSA) is 31.5 Å². The monoisotopic (exact) mass is 326 g/mol. The van der Waals surface area contributed by atoms with E-state index < -0.39 is 0 Å². The quantitative estimate of drug-likeness (QED) is 0.547. The predicted octanol–water partition coefficient (Wildman–Crippen LogP) is 6.60. The van der Waals surface area contributed by atoms with E-state index in [1.807, 2.05) is 0 Å². The highest BCUT2D eigenvalue weighted by Crippen LogP contribution is 2.48. The van der Waals surface area contributed by atoms with Crippen molar-refractivity contribution in [1.29, 1.82) is 0 Å². The minimum absolute atomic E-state index is 0. The molecule has 0 heterocycles. The number of hydrogen-bond donors (Lipinski definition) is 0. The van der Waals surface area contributed by atoms with Crippen molar-refractivity contribution in [2.75, 3.05) is 0 Å². The van der Waals surface area contributed by atoms with Crippen LogP contribution in [0.1, 0.15) is 94.8 Å². The van der Waals surface area contributed by atoms with Gasteiger partial charge in [0.25, 0.3) is 0 Å². The second-order valence-electron chi connectivity index (χ2n) is 9.74.